The minimum absolute atomic E-state index is 0.151. The van der Waals surface area contributed by atoms with Gasteiger partial charge in [0.15, 0.2) is 17.9 Å². The predicted molar refractivity (Wildman–Crippen MR) is 71.1 cm³/mol. The summed E-state index contributed by atoms with van der Waals surface area (Å²) in [4.78, 5) is 25.2. The summed E-state index contributed by atoms with van der Waals surface area (Å²) in [6.45, 7) is 0. The van der Waals surface area contributed by atoms with Crippen LogP contribution < -0.4 is 0 Å². The molecule has 0 bridgehead atoms. The average Bonchev–Trinajstić information content (AvgIpc) is 3.14. The molecule has 0 aliphatic carbocycles. The van der Waals surface area contributed by atoms with Crippen LogP contribution in [0, 0.1) is 10.1 Å². The summed E-state index contributed by atoms with van der Waals surface area (Å²) in [6, 6.07) is 7.86. The van der Waals surface area contributed by atoms with Crippen molar-refractivity contribution in [2.75, 3.05) is 0 Å². The molecule has 0 aliphatic rings. The van der Waals surface area contributed by atoms with Crippen LogP contribution in [-0.4, -0.2) is 26.0 Å². The van der Waals surface area contributed by atoms with Gasteiger partial charge in [0, 0.05) is 12.4 Å². The number of aldehydes is 1. The first-order valence-corrected chi connectivity index (χ1v) is 5.90. The van der Waals surface area contributed by atoms with Crippen molar-refractivity contribution in [3.8, 4) is 17.3 Å². The molecule has 0 unspecified atom stereocenters. The number of pyridine rings is 1. The topological polar surface area (TPSA) is 104 Å². The minimum Gasteiger partial charge on any atom is -0.399 e. The van der Waals surface area contributed by atoms with Crippen LogP contribution in [0.15, 0.2) is 47.1 Å². The molecule has 0 radical (unpaired) electrons. The lowest BCUT2D eigenvalue weighted by molar-refractivity contribution is -0.401. The lowest BCUT2D eigenvalue weighted by Gasteiger charge is -1.97. The second-order valence-corrected chi connectivity index (χ2v) is 4.08. The molecule has 0 saturated carbocycles. The third-order valence-electron chi connectivity index (χ3n) is 2.76. The molecule has 3 heterocycles. The molecule has 3 aromatic heterocycles. The molecule has 0 aromatic carbocycles. The molecule has 8 heteroatoms. The number of carbonyl (C=O) groups excluding carboxylic acids is 1. The maximum Gasteiger partial charge on any atom is 0.433 e. The van der Waals surface area contributed by atoms with E-state index in [1.54, 1.807) is 24.4 Å². The van der Waals surface area contributed by atoms with Crippen molar-refractivity contribution in [3.63, 3.8) is 0 Å². The summed E-state index contributed by atoms with van der Waals surface area (Å²) in [5.41, 5.74) is 0.480. The van der Waals surface area contributed by atoms with E-state index in [2.05, 4.69) is 10.1 Å². The Morgan fingerprint density at radius 1 is 1.29 bits per heavy atom. The Morgan fingerprint density at radius 2 is 2.14 bits per heavy atom. The van der Waals surface area contributed by atoms with E-state index in [-0.39, 0.29) is 17.0 Å². The van der Waals surface area contributed by atoms with Crippen LogP contribution in [0.1, 0.15) is 10.4 Å². The Bertz CT molecular complexity index is 807. The lowest BCUT2D eigenvalue weighted by Crippen LogP contribution is -1.96. The number of nitro groups is 1. The molecule has 3 aromatic rings. The van der Waals surface area contributed by atoms with E-state index < -0.39 is 10.8 Å². The molecule has 0 saturated heterocycles. The van der Waals surface area contributed by atoms with Crippen LogP contribution in [-0.2, 0) is 0 Å². The van der Waals surface area contributed by atoms with E-state index in [4.69, 9.17) is 4.42 Å². The summed E-state index contributed by atoms with van der Waals surface area (Å²) in [7, 11) is 0. The number of nitrogens with zero attached hydrogens (tertiary/aromatic N) is 4. The smallest absolute Gasteiger partial charge is 0.399 e. The van der Waals surface area contributed by atoms with Gasteiger partial charge in [0.25, 0.3) is 0 Å². The number of hydrogen-bond acceptors (Lipinski definition) is 6. The Kier molecular flexibility index (Phi) is 3.03. The highest BCUT2D eigenvalue weighted by Gasteiger charge is 2.19. The fourth-order valence-electron chi connectivity index (χ4n) is 1.82. The van der Waals surface area contributed by atoms with E-state index in [1.807, 2.05) is 0 Å². The van der Waals surface area contributed by atoms with Gasteiger partial charge in [-0.2, -0.15) is 5.10 Å². The molecule has 0 fully saturated rings. The highest BCUT2D eigenvalue weighted by Crippen LogP contribution is 2.27. The molecule has 104 valence electrons. The fraction of sp³-hybridized carbons (Fsp3) is 0. The molecular weight excluding hydrogens is 276 g/mol. The van der Waals surface area contributed by atoms with E-state index in [0.29, 0.717) is 12.1 Å². The van der Waals surface area contributed by atoms with Crippen LogP contribution in [0.25, 0.3) is 17.3 Å². The molecule has 0 aliphatic heterocycles. The van der Waals surface area contributed by atoms with Gasteiger partial charge in [0.2, 0.25) is 0 Å². The summed E-state index contributed by atoms with van der Waals surface area (Å²) in [6.07, 6.45) is 3.68. The van der Waals surface area contributed by atoms with Gasteiger partial charge in [-0.1, -0.05) is 6.07 Å². The van der Waals surface area contributed by atoms with Gasteiger partial charge in [-0.3, -0.25) is 14.9 Å². The lowest BCUT2D eigenvalue weighted by atomic mass is 10.2. The Balaban J connectivity index is 2.08. The first kappa shape index (κ1) is 12.7. The van der Waals surface area contributed by atoms with Crippen molar-refractivity contribution in [1.82, 2.24) is 14.8 Å². The number of rotatable bonds is 4. The van der Waals surface area contributed by atoms with Gasteiger partial charge in [0.1, 0.15) is 10.6 Å². The van der Waals surface area contributed by atoms with Crippen molar-refractivity contribution in [1.29, 1.82) is 0 Å². The van der Waals surface area contributed by atoms with Crippen LogP contribution in [0.4, 0.5) is 5.88 Å². The predicted octanol–water partition coefficient (Wildman–Crippen LogP) is 2.25. The van der Waals surface area contributed by atoms with Gasteiger partial charge in [-0.15, -0.1) is 0 Å². The largest absolute Gasteiger partial charge is 0.433 e. The van der Waals surface area contributed by atoms with Gasteiger partial charge < -0.3 is 4.42 Å². The van der Waals surface area contributed by atoms with Crippen LogP contribution in [0.2, 0.25) is 0 Å². The zero-order chi connectivity index (χ0) is 14.8. The van der Waals surface area contributed by atoms with Gasteiger partial charge >= 0.3 is 5.88 Å². The van der Waals surface area contributed by atoms with Crippen molar-refractivity contribution >= 4 is 12.2 Å². The molecule has 0 atom stereocenters. The van der Waals surface area contributed by atoms with Crippen LogP contribution in [0.5, 0.6) is 0 Å². The fourth-order valence-corrected chi connectivity index (χ4v) is 1.82. The van der Waals surface area contributed by atoms with E-state index in [1.165, 1.54) is 23.0 Å². The third-order valence-corrected chi connectivity index (χ3v) is 2.76. The van der Waals surface area contributed by atoms with E-state index >= 15 is 0 Å². The van der Waals surface area contributed by atoms with Crippen molar-refractivity contribution in [2.45, 2.75) is 0 Å². The summed E-state index contributed by atoms with van der Waals surface area (Å²) in [5.74, 6) is 0.264. The highest BCUT2D eigenvalue weighted by molar-refractivity contribution is 5.84. The molecule has 21 heavy (non-hydrogen) atoms. The van der Waals surface area contributed by atoms with E-state index in [0.717, 1.165) is 0 Å². The normalized spacial score (nSPS) is 10.5. The first-order chi connectivity index (χ1) is 10.2. The van der Waals surface area contributed by atoms with E-state index in [9.17, 15) is 14.9 Å². The third kappa shape index (κ3) is 2.29. The van der Waals surface area contributed by atoms with Crippen LogP contribution in [0.3, 0.4) is 0 Å². The second-order valence-electron chi connectivity index (χ2n) is 4.08. The highest BCUT2D eigenvalue weighted by atomic mass is 16.6. The van der Waals surface area contributed by atoms with Gasteiger partial charge in [-0.25, -0.2) is 9.67 Å². The Morgan fingerprint density at radius 3 is 2.76 bits per heavy atom. The molecule has 0 N–H and O–H groups in total. The zero-order valence-corrected chi connectivity index (χ0v) is 10.5. The summed E-state index contributed by atoms with van der Waals surface area (Å²) >= 11 is 0. The monoisotopic (exact) mass is 284 g/mol. The molecule has 0 amide bonds. The summed E-state index contributed by atoms with van der Waals surface area (Å²) < 4.78 is 6.48. The second kappa shape index (κ2) is 5.00. The number of hydrogen-bond donors (Lipinski definition) is 0. The van der Waals surface area contributed by atoms with Gasteiger partial charge in [0.05, 0.1) is 11.6 Å². The number of furan rings is 1. The van der Waals surface area contributed by atoms with Crippen molar-refractivity contribution < 1.29 is 14.1 Å². The maximum absolute atomic E-state index is 11.1. The molecule has 3 rings (SSSR count). The SMILES string of the molecule is O=Cc1cn(-c2ccccn2)nc1-c1ccc([N+](=O)[O-])o1. The van der Waals surface area contributed by atoms with Gasteiger partial charge in [-0.05, 0) is 18.2 Å². The maximum atomic E-state index is 11.1. The van der Waals surface area contributed by atoms with Crippen molar-refractivity contribution in [2.24, 2.45) is 0 Å². The quantitative estimate of drug-likeness (QED) is 0.413. The molecular formula is C13H8N4O4. The number of carbonyl (C=O) groups is 1. The molecule has 8 nitrogen and oxygen atoms in total. The zero-order valence-electron chi connectivity index (χ0n) is 10.5. The number of aromatic nitrogens is 3. The Hall–Kier alpha value is -3.29. The van der Waals surface area contributed by atoms with Crippen LogP contribution >= 0.6 is 0 Å². The standard InChI is InChI=1S/C13H8N4O4/c18-8-9-7-16(11-3-1-2-6-14-11)15-13(9)10-4-5-12(21-10)17(19)20/h1-8H. The summed E-state index contributed by atoms with van der Waals surface area (Å²) in [5, 5.41) is 14.8. The average molecular weight is 284 g/mol. The van der Waals surface area contributed by atoms with Crippen molar-refractivity contribution in [3.05, 3.63) is 58.4 Å². The minimum atomic E-state index is -0.653. The Labute approximate surface area is 117 Å². The first-order valence-electron chi connectivity index (χ1n) is 5.90. The molecule has 0 spiro atoms.